The van der Waals surface area contributed by atoms with Crippen molar-refractivity contribution in [2.75, 3.05) is 25.4 Å². The lowest BCUT2D eigenvalue weighted by Crippen LogP contribution is -2.61. The first-order valence-corrected chi connectivity index (χ1v) is 7.02. The molecule has 2 fully saturated rings. The van der Waals surface area contributed by atoms with Gasteiger partial charge in [0.1, 0.15) is 12.0 Å². The zero-order chi connectivity index (χ0) is 13.6. The van der Waals surface area contributed by atoms with Crippen LogP contribution in [0.3, 0.4) is 0 Å². The summed E-state index contributed by atoms with van der Waals surface area (Å²) in [6, 6.07) is 0. The molecule has 0 saturated carbocycles. The van der Waals surface area contributed by atoms with Crippen LogP contribution < -0.4 is 0 Å². The van der Waals surface area contributed by atoms with Crippen molar-refractivity contribution in [3.8, 4) is 0 Å². The fourth-order valence-electron chi connectivity index (χ4n) is 2.47. The number of amides is 1. The van der Waals surface area contributed by atoms with E-state index in [1.54, 1.807) is 0 Å². The number of ether oxygens (including phenoxy) is 1. The third-order valence-corrected chi connectivity index (χ3v) is 5.76. The average Bonchev–Trinajstić information content (AvgIpc) is 2.62. The third-order valence-electron chi connectivity index (χ3n) is 3.38. The van der Waals surface area contributed by atoms with Gasteiger partial charge in [0.2, 0.25) is 0 Å². The molecule has 2 heterocycles. The fourth-order valence-corrected chi connectivity index (χ4v) is 4.86. The standard InChI is InChI=1S/C10H13NO6S/c1-2-3-17-9(14)11-4-7-10(5-11,8(12)13)6-18(7,15)16/h2,7H,1,3-6H2,(H,12,13). The second kappa shape index (κ2) is 3.98. The van der Waals surface area contributed by atoms with Gasteiger partial charge in [-0.25, -0.2) is 13.2 Å². The summed E-state index contributed by atoms with van der Waals surface area (Å²) < 4.78 is 27.8. The van der Waals surface area contributed by atoms with E-state index in [9.17, 15) is 18.0 Å². The number of nitrogens with zero attached hydrogens (tertiary/aromatic N) is 1. The summed E-state index contributed by atoms with van der Waals surface area (Å²) in [6.07, 6.45) is 0.673. The van der Waals surface area contributed by atoms with Gasteiger partial charge in [-0.1, -0.05) is 12.7 Å². The Labute approximate surface area is 104 Å². The van der Waals surface area contributed by atoms with Crippen molar-refractivity contribution in [1.29, 1.82) is 0 Å². The molecule has 100 valence electrons. The van der Waals surface area contributed by atoms with Crippen molar-refractivity contribution in [2.24, 2.45) is 5.41 Å². The number of aliphatic carboxylic acids is 1. The van der Waals surface area contributed by atoms with Gasteiger partial charge in [-0.15, -0.1) is 0 Å². The Morgan fingerprint density at radius 2 is 2.22 bits per heavy atom. The van der Waals surface area contributed by atoms with Crippen molar-refractivity contribution in [1.82, 2.24) is 4.90 Å². The quantitative estimate of drug-likeness (QED) is 0.696. The molecule has 2 saturated heterocycles. The largest absolute Gasteiger partial charge is 0.481 e. The predicted octanol–water partition coefficient (Wildman–Crippen LogP) is -0.507. The minimum Gasteiger partial charge on any atom is -0.481 e. The van der Waals surface area contributed by atoms with Crippen molar-refractivity contribution in [3.05, 3.63) is 12.7 Å². The Hall–Kier alpha value is -1.57. The summed E-state index contributed by atoms with van der Waals surface area (Å²) >= 11 is 0. The molecule has 8 heteroatoms. The molecule has 0 aliphatic carbocycles. The first-order chi connectivity index (χ1) is 8.33. The topological polar surface area (TPSA) is 101 Å². The Bertz CT molecular complexity index is 512. The highest BCUT2D eigenvalue weighted by Crippen LogP contribution is 2.46. The molecule has 0 bridgehead atoms. The Kier molecular flexibility index (Phi) is 2.84. The van der Waals surface area contributed by atoms with Gasteiger partial charge in [-0.2, -0.15) is 0 Å². The van der Waals surface area contributed by atoms with Crippen LogP contribution in [0.15, 0.2) is 12.7 Å². The van der Waals surface area contributed by atoms with E-state index in [1.165, 1.54) is 6.08 Å². The van der Waals surface area contributed by atoms with Gasteiger partial charge in [0, 0.05) is 13.1 Å². The van der Waals surface area contributed by atoms with Gasteiger partial charge >= 0.3 is 12.1 Å². The number of carboxylic acids is 1. The molecule has 2 aliphatic heterocycles. The first-order valence-electron chi connectivity index (χ1n) is 5.31. The van der Waals surface area contributed by atoms with Gasteiger partial charge in [0.15, 0.2) is 9.84 Å². The highest BCUT2D eigenvalue weighted by atomic mass is 32.2. The maximum Gasteiger partial charge on any atom is 0.410 e. The summed E-state index contributed by atoms with van der Waals surface area (Å²) in [5.74, 6) is -1.59. The Morgan fingerprint density at radius 1 is 1.56 bits per heavy atom. The highest BCUT2D eigenvalue weighted by molar-refractivity contribution is 7.93. The van der Waals surface area contributed by atoms with Crippen molar-refractivity contribution < 1.29 is 27.9 Å². The highest BCUT2D eigenvalue weighted by Gasteiger charge is 2.68. The second-order valence-corrected chi connectivity index (χ2v) is 6.69. The van der Waals surface area contributed by atoms with Crippen molar-refractivity contribution >= 4 is 21.9 Å². The van der Waals surface area contributed by atoms with Gasteiger partial charge in [-0.3, -0.25) is 4.79 Å². The van der Waals surface area contributed by atoms with Gasteiger partial charge in [0.25, 0.3) is 0 Å². The van der Waals surface area contributed by atoms with Crippen LogP contribution >= 0.6 is 0 Å². The molecule has 2 aliphatic rings. The Balaban J connectivity index is 2.15. The number of carbonyl (C=O) groups excluding carboxylic acids is 1. The number of rotatable bonds is 3. The van der Waals surface area contributed by atoms with E-state index in [0.29, 0.717) is 0 Å². The van der Waals surface area contributed by atoms with Crippen molar-refractivity contribution in [2.45, 2.75) is 5.25 Å². The third kappa shape index (κ3) is 1.67. The summed E-state index contributed by atoms with van der Waals surface area (Å²) in [7, 11) is -3.40. The molecule has 2 unspecified atom stereocenters. The lowest BCUT2D eigenvalue weighted by atomic mass is 9.88. The van der Waals surface area contributed by atoms with E-state index in [4.69, 9.17) is 9.84 Å². The number of hydrogen-bond donors (Lipinski definition) is 1. The SMILES string of the molecule is C=CCOC(=O)N1CC2C(C(=O)O)(C1)CS2(=O)=O. The number of carboxylic acid groups (broad SMARTS) is 1. The monoisotopic (exact) mass is 275 g/mol. The summed E-state index contributed by atoms with van der Waals surface area (Å²) in [5, 5.41) is 8.13. The average molecular weight is 275 g/mol. The van der Waals surface area contributed by atoms with E-state index in [0.717, 1.165) is 4.90 Å². The van der Waals surface area contributed by atoms with Crippen LogP contribution in [0.25, 0.3) is 0 Å². The summed E-state index contributed by atoms with van der Waals surface area (Å²) in [6.45, 7) is 3.14. The maximum absolute atomic E-state index is 11.6. The van der Waals surface area contributed by atoms with Gasteiger partial charge < -0.3 is 14.7 Å². The molecule has 2 atom stereocenters. The molecule has 0 radical (unpaired) electrons. The lowest BCUT2D eigenvalue weighted by Gasteiger charge is -2.38. The number of carbonyl (C=O) groups is 2. The normalized spacial score (nSPS) is 32.2. The van der Waals surface area contributed by atoms with Crippen LogP contribution in [-0.2, 0) is 19.4 Å². The van der Waals surface area contributed by atoms with E-state index >= 15 is 0 Å². The van der Waals surface area contributed by atoms with E-state index in [-0.39, 0.29) is 19.7 Å². The lowest BCUT2D eigenvalue weighted by molar-refractivity contribution is -0.147. The molecule has 18 heavy (non-hydrogen) atoms. The molecule has 0 aromatic rings. The second-order valence-electron chi connectivity index (χ2n) is 4.50. The van der Waals surface area contributed by atoms with Gasteiger partial charge in [-0.05, 0) is 0 Å². The molecule has 0 aromatic heterocycles. The fraction of sp³-hybridized carbons (Fsp3) is 0.600. The summed E-state index contributed by atoms with van der Waals surface area (Å²) in [4.78, 5) is 23.9. The molecular weight excluding hydrogens is 262 g/mol. The predicted molar refractivity (Wildman–Crippen MR) is 60.8 cm³/mol. The number of hydrogen-bond acceptors (Lipinski definition) is 5. The van der Waals surface area contributed by atoms with Crippen LogP contribution in [0.5, 0.6) is 0 Å². The minimum absolute atomic E-state index is 0.00677. The smallest absolute Gasteiger partial charge is 0.410 e. The zero-order valence-electron chi connectivity index (χ0n) is 9.53. The molecular formula is C10H13NO6S. The summed E-state index contributed by atoms with van der Waals surface area (Å²) in [5.41, 5.74) is -1.36. The molecule has 7 nitrogen and oxygen atoms in total. The molecule has 1 N–H and O–H groups in total. The van der Waals surface area contributed by atoms with Crippen LogP contribution in [-0.4, -0.2) is 61.2 Å². The maximum atomic E-state index is 11.6. The van der Waals surface area contributed by atoms with Crippen LogP contribution in [0.2, 0.25) is 0 Å². The Morgan fingerprint density at radius 3 is 2.67 bits per heavy atom. The van der Waals surface area contributed by atoms with Crippen LogP contribution in [0.1, 0.15) is 0 Å². The van der Waals surface area contributed by atoms with Crippen LogP contribution in [0.4, 0.5) is 4.79 Å². The van der Waals surface area contributed by atoms with Crippen molar-refractivity contribution in [3.63, 3.8) is 0 Å². The number of likely N-dealkylation sites (tertiary alicyclic amines) is 1. The molecule has 1 amide bonds. The van der Waals surface area contributed by atoms with E-state index < -0.39 is 38.3 Å². The molecule has 2 rings (SSSR count). The minimum atomic E-state index is -3.40. The van der Waals surface area contributed by atoms with E-state index in [2.05, 4.69) is 6.58 Å². The van der Waals surface area contributed by atoms with E-state index in [1.807, 2.05) is 0 Å². The van der Waals surface area contributed by atoms with Gasteiger partial charge in [0.05, 0.1) is 11.0 Å². The molecule has 0 spiro atoms. The number of fused-ring (bicyclic) bond motifs is 1. The van der Waals surface area contributed by atoms with Crippen LogP contribution in [0, 0.1) is 5.41 Å². The first kappa shape index (κ1) is 12.9. The molecule has 0 aromatic carbocycles. The zero-order valence-corrected chi connectivity index (χ0v) is 10.4. The number of sulfone groups is 1.